The number of nitrogens with zero attached hydrogens (tertiary/aromatic N) is 5. The van der Waals surface area contributed by atoms with Gasteiger partial charge in [-0.15, -0.1) is 0 Å². The van der Waals surface area contributed by atoms with E-state index in [1.54, 1.807) is 4.52 Å². The van der Waals surface area contributed by atoms with E-state index in [9.17, 15) is 5.26 Å². The van der Waals surface area contributed by atoms with Crippen LogP contribution in [0.1, 0.15) is 19.8 Å². The molecule has 6 nitrogen and oxygen atoms in total. The molecule has 3 aromatic rings. The molecule has 0 amide bonds. The molecule has 1 unspecified atom stereocenters. The Kier molecular flexibility index (Phi) is 5.31. The maximum absolute atomic E-state index is 9.18. The highest BCUT2D eigenvalue weighted by atomic mass is 16.5. The van der Waals surface area contributed by atoms with Crippen molar-refractivity contribution < 1.29 is 4.74 Å². The first-order valence-corrected chi connectivity index (χ1v) is 9.87. The second-order valence-electron chi connectivity index (χ2n) is 7.43. The van der Waals surface area contributed by atoms with E-state index in [4.69, 9.17) is 4.74 Å². The lowest BCUT2D eigenvalue weighted by atomic mass is 9.51. The van der Waals surface area contributed by atoms with Gasteiger partial charge in [-0.25, -0.2) is 14.8 Å². The largest absolute Gasteiger partial charge is 0.492 e. The molecule has 1 aliphatic rings. The molecule has 142 valence electrons. The van der Waals surface area contributed by atoms with E-state index in [1.807, 2.05) is 49.5 Å². The molecule has 2 aromatic heterocycles. The molecule has 0 bridgehead atoms. The zero-order chi connectivity index (χ0) is 19.5. The third kappa shape index (κ3) is 3.74. The fourth-order valence-corrected chi connectivity index (χ4v) is 3.75. The lowest BCUT2D eigenvalue weighted by Crippen LogP contribution is -2.31. The van der Waals surface area contributed by atoms with Crippen molar-refractivity contribution in [2.45, 2.75) is 32.6 Å². The summed E-state index contributed by atoms with van der Waals surface area (Å²) in [5.74, 6) is 3.09. The molecular formula is C21H24BN5O. The summed E-state index contributed by atoms with van der Waals surface area (Å²) in [6, 6.07) is 10.6. The van der Waals surface area contributed by atoms with Gasteiger partial charge in [0, 0.05) is 35.9 Å². The molecular weight excluding hydrogens is 349 g/mol. The molecule has 0 N–H and O–H groups in total. The van der Waals surface area contributed by atoms with E-state index in [-0.39, 0.29) is 6.71 Å². The van der Waals surface area contributed by atoms with Gasteiger partial charge >= 0.3 is 6.71 Å². The lowest BCUT2D eigenvalue weighted by molar-refractivity contribution is 0.204. The molecule has 7 heteroatoms. The third-order valence-corrected chi connectivity index (χ3v) is 5.51. The third-order valence-electron chi connectivity index (χ3n) is 5.51. The van der Waals surface area contributed by atoms with Crippen LogP contribution in [0.4, 0.5) is 0 Å². The van der Waals surface area contributed by atoms with Crippen molar-refractivity contribution in [1.82, 2.24) is 19.5 Å². The Balaban J connectivity index is 1.53. The van der Waals surface area contributed by atoms with Gasteiger partial charge in [0.25, 0.3) is 0 Å². The van der Waals surface area contributed by atoms with Crippen molar-refractivity contribution in [2.24, 2.45) is 0 Å². The summed E-state index contributed by atoms with van der Waals surface area (Å²) < 4.78 is 7.76. The van der Waals surface area contributed by atoms with Gasteiger partial charge in [0.1, 0.15) is 12.4 Å². The van der Waals surface area contributed by atoms with Crippen LogP contribution in [0.15, 0.2) is 42.7 Å². The molecule has 1 atom stereocenters. The minimum atomic E-state index is -0.254. The van der Waals surface area contributed by atoms with Crippen molar-refractivity contribution in [3.05, 3.63) is 42.7 Å². The van der Waals surface area contributed by atoms with Crippen molar-refractivity contribution in [2.75, 3.05) is 19.7 Å². The van der Waals surface area contributed by atoms with Crippen molar-refractivity contribution in [1.29, 1.82) is 5.26 Å². The molecule has 0 spiro atoms. The second kappa shape index (κ2) is 8.03. The summed E-state index contributed by atoms with van der Waals surface area (Å²) in [6.45, 7) is 6.69. The quantitative estimate of drug-likeness (QED) is 0.622. The minimum absolute atomic E-state index is 0.254. The van der Waals surface area contributed by atoms with Crippen LogP contribution < -0.4 is 10.3 Å². The number of rotatable bonds is 6. The first kappa shape index (κ1) is 18.5. The van der Waals surface area contributed by atoms with E-state index in [1.165, 1.54) is 19.4 Å². The Morgan fingerprint density at radius 1 is 1.36 bits per heavy atom. The van der Waals surface area contributed by atoms with Crippen molar-refractivity contribution >= 4 is 18.0 Å². The number of nitriles is 1. The first-order valence-electron chi connectivity index (χ1n) is 9.87. The molecule has 28 heavy (non-hydrogen) atoms. The van der Waals surface area contributed by atoms with E-state index in [0.29, 0.717) is 12.6 Å². The predicted octanol–water partition coefficient (Wildman–Crippen LogP) is 2.65. The Hall–Kier alpha value is -2.85. The fraction of sp³-hybridized carbons (Fsp3) is 0.381. The Morgan fingerprint density at radius 3 is 3.04 bits per heavy atom. The van der Waals surface area contributed by atoms with Crippen LogP contribution in [-0.2, 0) is 0 Å². The average molecular weight is 373 g/mol. The summed E-state index contributed by atoms with van der Waals surface area (Å²) in [7, 11) is 0. The average Bonchev–Trinajstić information content (AvgIpc) is 3.33. The molecule has 1 aromatic carbocycles. The summed E-state index contributed by atoms with van der Waals surface area (Å²) >= 11 is 0. The van der Waals surface area contributed by atoms with Gasteiger partial charge in [-0.1, -0.05) is 19.0 Å². The van der Waals surface area contributed by atoms with Gasteiger partial charge in [-0.05, 0) is 50.1 Å². The summed E-state index contributed by atoms with van der Waals surface area (Å²) in [4.78, 5) is 7.15. The molecule has 1 aliphatic heterocycles. The van der Waals surface area contributed by atoms with Crippen LogP contribution in [0, 0.1) is 11.2 Å². The van der Waals surface area contributed by atoms with Crippen LogP contribution in [0.5, 0.6) is 5.75 Å². The van der Waals surface area contributed by atoms with E-state index < -0.39 is 0 Å². The highest BCUT2D eigenvalue weighted by Crippen LogP contribution is 2.26. The standard InChI is InChI=1S/C21H24BN5O/c1-16-5-4-9-26(16)11-12-28-18-7-3-6-17(13-18)19-14-24-27-10-8-20(22(2)15-23)25-21(19)27/h3,6-8,10,13-14,16H,4-5,9,11-12H2,1-2H3. The first-order chi connectivity index (χ1) is 13.7. The number of hydrogen-bond donors (Lipinski definition) is 0. The predicted molar refractivity (Wildman–Crippen MR) is 111 cm³/mol. The molecule has 3 heterocycles. The van der Waals surface area contributed by atoms with Gasteiger partial charge < -0.3 is 4.74 Å². The zero-order valence-electron chi connectivity index (χ0n) is 16.4. The maximum Gasteiger partial charge on any atom is 0.319 e. The Morgan fingerprint density at radius 2 is 2.25 bits per heavy atom. The van der Waals surface area contributed by atoms with Crippen LogP contribution in [0.2, 0.25) is 6.82 Å². The summed E-state index contributed by atoms with van der Waals surface area (Å²) in [5.41, 5.74) is 3.45. The lowest BCUT2D eigenvalue weighted by Gasteiger charge is -2.20. The van der Waals surface area contributed by atoms with Crippen molar-refractivity contribution in [3.8, 4) is 22.8 Å². The van der Waals surface area contributed by atoms with Gasteiger partial charge in [0.05, 0.1) is 6.20 Å². The van der Waals surface area contributed by atoms with E-state index >= 15 is 0 Å². The topological polar surface area (TPSA) is 66.5 Å². The van der Waals surface area contributed by atoms with Gasteiger partial charge in [-0.3, -0.25) is 4.90 Å². The van der Waals surface area contributed by atoms with Crippen LogP contribution in [-0.4, -0.2) is 51.9 Å². The Bertz CT molecular complexity index is 1010. The number of hydrogen-bond acceptors (Lipinski definition) is 5. The highest BCUT2D eigenvalue weighted by molar-refractivity contribution is 6.78. The number of benzene rings is 1. The number of likely N-dealkylation sites (tertiary alicyclic amines) is 1. The highest BCUT2D eigenvalue weighted by Gasteiger charge is 2.19. The van der Waals surface area contributed by atoms with E-state index in [0.717, 1.165) is 34.7 Å². The van der Waals surface area contributed by atoms with E-state index in [2.05, 4.69) is 27.9 Å². The monoisotopic (exact) mass is 373 g/mol. The smallest absolute Gasteiger partial charge is 0.319 e. The zero-order valence-corrected chi connectivity index (χ0v) is 16.4. The summed E-state index contributed by atoms with van der Waals surface area (Å²) in [6.07, 6.45) is 6.23. The fourth-order valence-electron chi connectivity index (χ4n) is 3.75. The Labute approximate surface area is 165 Å². The van der Waals surface area contributed by atoms with Gasteiger partial charge in [-0.2, -0.15) is 5.10 Å². The van der Waals surface area contributed by atoms with Crippen LogP contribution in [0.25, 0.3) is 16.8 Å². The molecule has 1 fully saturated rings. The normalized spacial score (nSPS) is 17.0. The number of ether oxygens (including phenoxy) is 1. The summed E-state index contributed by atoms with van der Waals surface area (Å²) in [5, 5.41) is 13.6. The minimum Gasteiger partial charge on any atom is -0.492 e. The molecule has 0 aliphatic carbocycles. The molecule has 0 saturated carbocycles. The van der Waals surface area contributed by atoms with Gasteiger partial charge in [0.2, 0.25) is 0 Å². The SMILES string of the molecule is CB(C#N)c1ccn2ncc(-c3cccc(OCCN4CCCC4C)c3)c2n1. The maximum atomic E-state index is 9.18. The van der Waals surface area contributed by atoms with Crippen molar-refractivity contribution in [3.63, 3.8) is 0 Å². The number of aromatic nitrogens is 3. The molecule has 0 radical (unpaired) electrons. The second-order valence-corrected chi connectivity index (χ2v) is 7.43. The molecule has 1 saturated heterocycles. The van der Waals surface area contributed by atoms with Gasteiger partial charge in [0.15, 0.2) is 5.65 Å². The van der Waals surface area contributed by atoms with Crippen LogP contribution in [0.3, 0.4) is 0 Å². The van der Waals surface area contributed by atoms with Crippen LogP contribution >= 0.6 is 0 Å². The molecule has 4 rings (SSSR count). The number of fused-ring (bicyclic) bond motifs is 1.